The van der Waals surface area contributed by atoms with Crippen molar-refractivity contribution in [2.24, 2.45) is 10.9 Å². The van der Waals surface area contributed by atoms with Crippen molar-refractivity contribution in [1.29, 1.82) is 0 Å². The van der Waals surface area contributed by atoms with E-state index in [1.807, 2.05) is 0 Å². The number of ether oxygens (including phenoxy) is 1. The standard InChI is InChI=1S/C14H18Cl2N2O3/c1-3-4-5-6-11(17)18-21-14(19)12-9(15)7-8-10(16)13(12)20-2/h7-8H,3-6H2,1-2H3,(H2,17,18). The minimum Gasteiger partial charge on any atom is -0.494 e. The van der Waals surface area contributed by atoms with Crippen molar-refractivity contribution in [3.8, 4) is 5.75 Å². The molecule has 1 aromatic rings. The van der Waals surface area contributed by atoms with Gasteiger partial charge in [-0.2, -0.15) is 0 Å². The Balaban J connectivity index is 2.81. The van der Waals surface area contributed by atoms with E-state index in [-0.39, 0.29) is 27.2 Å². The zero-order valence-electron chi connectivity index (χ0n) is 12.0. The Labute approximate surface area is 134 Å². The number of methoxy groups -OCH3 is 1. The van der Waals surface area contributed by atoms with Gasteiger partial charge in [0.05, 0.1) is 17.2 Å². The van der Waals surface area contributed by atoms with Gasteiger partial charge >= 0.3 is 5.97 Å². The van der Waals surface area contributed by atoms with Gasteiger partial charge in [0.2, 0.25) is 0 Å². The Kier molecular flexibility index (Phi) is 7.32. The highest BCUT2D eigenvalue weighted by Crippen LogP contribution is 2.34. The molecule has 0 saturated carbocycles. The van der Waals surface area contributed by atoms with E-state index in [9.17, 15) is 4.79 Å². The van der Waals surface area contributed by atoms with Gasteiger partial charge in [0.1, 0.15) is 11.4 Å². The largest absolute Gasteiger partial charge is 0.494 e. The van der Waals surface area contributed by atoms with Crippen LogP contribution in [-0.2, 0) is 4.84 Å². The number of oxime groups is 1. The fourth-order valence-electron chi connectivity index (χ4n) is 1.67. The van der Waals surface area contributed by atoms with Crippen LogP contribution in [0.4, 0.5) is 0 Å². The van der Waals surface area contributed by atoms with Crippen LogP contribution in [0, 0.1) is 0 Å². The molecule has 1 aromatic carbocycles. The SMILES string of the molecule is CCCCC/C(N)=N/OC(=O)c1c(Cl)ccc(Cl)c1OC. The predicted octanol–water partition coefficient (Wildman–Crippen LogP) is 4.01. The Morgan fingerprint density at radius 3 is 2.57 bits per heavy atom. The van der Waals surface area contributed by atoms with E-state index in [4.69, 9.17) is 38.5 Å². The summed E-state index contributed by atoms with van der Waals surface area (Å²) in [5.74, 6) is -0.361. The van der Waals surface area contributed by atoms with Crippen molar-refractivity contribution in [3.63, 3.8) is 0 Å². The van der Waals surface area contributed by atoms with Crippen LogP contribution in [0.25, 0.3) is 0 Å². The fraction of sp³-hybridized carbons (Fsp3) is 0.429. The summed E-state index contributed by atoms with van der Waals surface area (Å²) < 4.78 is 5.07. The molecule has 0 radical (unpaired) electrons. The third-order valence-electron chi connectivity index (χ3n) is 2.75. The number of hydrogen-bond donors (Lipinski definition) is 1. The average molecular weight is 333 g/mol. The summed E-state index contributed by atoms with van der Waals surface area (Å²) in [5.41, 5.74) is 5.69. The first-order valence-electron chi connectivity index (χ1n) is 6.56. The van der Waals surface area contributed by atoms with Crippen LogP contribution >= 0.6 is 23.2 Å². The van der Waals surface area contributed by atoms with Gasteiger partial charge in [-0.25, -0.2) is 4.79 Å². The van der Waals surface area contributed by atoms with E-state index in [0.717, 1.165) is 19.3 Å². The van der Waals surface area contributed by atoms with Crippen molar-refractivity contribution in [2.45, 2.75) is 32.6 Å². The smallest absolute Gasteiger partial charge is 0.371 e. The summed E-state index contributed by atoms with van der Waals surface area (Å²) in [6.07, 6.45) is 3.58. The van der Waals surface area contributed by atoms with Crippen LogP contribution in [0.1, 0.15) is 43.0 Å². The van der Waals surface area contributed by atoms with E-state index >= 15 is 0 Å². The predicted molar refractivity (Wildman–Crippen MR) is 84.2 cm³/mol. The van der Waals surface area contributed by atoms with Crippen molar-refractivity contribution in [3.05, 3.63) is 27.7 Å². The number of nitrogens with zero attached hydrogens (tertiary/aromatic N) is 1. The van der Waals surface area contributed by atoms with Crippen LogP contribution in [0.3, 0.4) is 0 Å². The van der Waals surface area contributed by atoms with Gasteiger partial charge in [0.25, 0.3) is 0 Å². The molecular formula is C14H18Cl2N2O3. The molecule has 1 rings (SSSR count). The van der Waals surface area contributed by atoms with E-state index < -0.39 is 5.97 Å². The molecule has 116 valence electrons. The van der Waals surface area contributed by atoms with Crippen molar-refractivity contribution >= 4 is 35.0 Å². The number of carbonyl (C=O) groups is 1. The molecule has 21 heavy (non-hydrogen) atoms. The molecule has 0 amide bonds. The highest BCUT2D eigenvalue weighted by Gasteiger charge is 2.21. The molecule has 0 heterocycles. The lowest BCUT2D eigenvalue weighted by molar-refractivity contribution is 0.0511. The molecule has 0 atom stereocenters. The van der Waals surface area contributed by atoms with Crippen LogP contribution in [0.5, 0.6) is 5.75 Å². The Bertz CT molecular complexity index is 533. The third kappa shape index (κ3) is 5.10. The second kappa shape index (κ2) is 8.74. The van der Waals surface area contributed by atoms with Crippen molar-refractivity contribution in [2.75, 3.05) is 7.11 Å². The summed E-state index contributed by atoms with van der Waals surface area (Å²) >= 11 is 11.9. The molecule has 0 aromatic heterocycles. The number of halogens is 2. The molecule has 0 fully saturated rings. The molecule has 0 aliphatic carbocycles. The maximum absolute atomic E-state index is 12.0. The molecule has 0 saturated heterocycles. The Morgan fingerprint density at radius 1 is 1.29 bits per heavy atom. The second-order valence-corrected chi connectivity index (χ2v) is 5.17. The highest BCUT2D eigenvalue weighted by atomic mass is 35.5. The van der Waals surface area contributed by atoms with E-state index in [2.05, 4.69) is 12.1 Å². The Morgan fingerprint density at radius 2 is 1.95 bits per heavy atom. The molecule has 0 unspecified atom stereocenters. The fourth-order valence-corrected chi connectivity index (χ4v) is 2.13. The lowest BCUT2D eigenvalue weighted by Crippen LogP contribution is -2.14. The lowest BCUT2D eigenvalue weighted by atomic mass is 10.2. The number of carbonyl (C=O) groups excluding carboxylic acids is 1. The van der Waals surface area contributed by atoms with Crippen LogP contribution < -0.4 is 10.5 Å². The molecule has 0 spiro atoms. The van der Waals surface area contributed by atoms with E-state index in [0.29, 0.717) is 6.42 Å². The number of rotatable bonds is 7. The van der Waals surface area contributed by atoms with Gasteiger partial charge in [-0.15, -0.1) is 0 Å². The maximum Gasteiger partial charge on any atom is 0.371 e. The zero-order chi connectivity index (χ0) is 15.8. The lowest BCUT2D eigenvalue weighted by Gasteiger charge is -2.09. The highest BCUT2D eigenvalue weighted by molar-refractivity contribution is 6.37. The summed E-state index contributed by atoms with van der Waals surface area (Å²) in [6.45, 7) is 2.08. The van der Waals surface area contributed by atoms with Crippen LogP contribution in [0.15, 0.2) is 17.3 Å². The summed E-state index contributed by atoms with van der Waals surface area (Å²) in [6, 6.07) is 3.01. The molecular weight excluding hydrogens is 315 g/mol. The maximum atomic E-state index is 12.0. The number of benzene rings is 1. The summed E-state index contributed by atoms with van der Waals surface area (Å²) in [4.78, 5) is 16.8. The molecule has 0 aliphatic rings. The monoisotopic (exact) mass is 332 g/mol. The van der Waals surface area contributed by atoms with Gasteiger partial charge in [-0.3, -0.25) is 0 Å². The van der Waals surface area contributed by atoms with Gasteiger partial charge in [0.15, 0.2) is 5.75 Å². The first-order chi connectivity index (χ1) is 10.0. The van der Waals surface area contributed by atoms with Crippen LogP contribution in [0.2, 0.25) is 10.0 Å². The van der Waals surface area contributed by atoms with Gasteiger partial charge < -0.3 is 15.3 Å². The first kappa shape index (κ1) is 17.6. The number of amidine groups is 1. The second-order valence-electron chi connectivity index (χ2n) is 4.36. The normalized spacial score (nSPS) is 11.3. The summed E-state index contributed by atoms with van der Waals surface area (Å²) in [7, 11) is 1.39. The van der Waals surface area contributed by atoms with Gasteiger partial charge in [-0.05, 0) is 18.6 Å². The number of hydrogen-bond acceptors (Lipinski definition) is 4. The number of unbranched alkanes of at least 4 members (excludes halogenated alkanes) is 2. The van der Waals surface area contributed by atoms with Gasteiger partial charge in [0, 0.05) is 6.42 Å². The van der Waals surface area contributed by atoms with E-state index in [1.54, 1.807) is 0 Å². The molecule has 0 bridgehead atoms. The quantitative estimate of drug-likeness (QED) is 0.269. The van der Waals surface area contributed by atoms with Crippen molar-refractivity contribution in [1.82, 2.24) is 0 Å². The first-order valence-corrected chi connectivity index (χ1v) is 7.32. The molecule has 2 N–H and O–H groups in total. The molecule has 5 nitrogen and oxygen atoms in total. The average Bonchev–Trinajstić information content (AvgIpc) is 2.47. The van der Waals surface area contributed by atoms with Crippen LogP contribution in [-0.4, -0.2) is 18.9 Å². The third-order valence-corrected chi connectivity index (χ3v) is 3.36. The minimum atomic E-state index is -0.766. The molecule has 7 heteroatoms. The molecule has 0 aliphatic heterocycles. The van der Waals surface area contributed by atoms with Gasteiger partial charge in [-0.1, -0.05) is 48.1 Å². The van der Waals surface area contributed by atoms with Crippen molar-refractivity contribution < 1.29 is 14.4 Å². The number of nitrogens with two attached hydrogens (primary N) is 1. The minimum absolute atomic E-state index is 0.0248. The Hall–Kier alpha value is -1.46. The zero-order valence-corrected chi connectivity index (χ0v) is 13.5. The topological polar surface area (TPSA) is 73.9 Å². The summed E-state index contributed by atoms with van der Waals surface area (Å²) in [5, 5.41) is 4.03. The van der Waals surface area contributed by atoms with E-state index in [1.165, 1.54) is 19.2 Å².